The Bertz CT molecular complexity index is 6150. The number of carboxylic acid groups (broad SMARTS) is 4. The molecule has 4 heterocycles. The van der Waals surface area contributed by atoms with Gasteiger partial charge >= 0.3 is 23.9 Å². The first-order valence-corrected chi connectivity index (χ1v) is 43.7. The number of furan rings is 4. The van der Waals surface area contributed by atoms with Crippen molar-refractivity contribution in [3.8, 4) is 92.0 Å². The summed E-state index contributed by atoms with van der Waals surface area (Å²) in [6.45, 7) is -2.70. The van der Waals surface area contributed by atoms with Crippen molar-refractivity contribution in [3.05, 3.63) is 337 Å². The fourth-order valence-corrected chi connectivity index (χ4v) is 13.6. The highest BCUT2D eigenvalue weighted by atomic mass is 16.5. The maximum absolute atomic E-state index is 13.4. The van der Waals surface area contributed by atoms with Crippen LogP contribution in [0.25, 0.3) is 45.3 Å². The lowest BCUT2D eigenvalue weighted by atomic mass is 10.1. The molecule has 4 aliphatic carbocycles. The molecule has 12 aromatic rings. The van der Waals surface area contributed by atoms with E-state index in [0.717, 1.165) is 96.7 Å². The van der Waals surface area contributed by atoms with Crippen LogP contribution >= 0.6 is 0 Å². The molecule has 4 aromatic heterocycles. The van der Waals surface area contributed by atoms with Crippen LogP contribution in [0.4, 0.5) is 0 Å². The Hall–Kier alpha value is -15.6. The molecule has 4 fully saturated rings. The Labute approximate surface area is 771 Å². The number of hydrogen-bond acceptors (Lipinski definition) is 16. The van der Waals surface area contributed by atoms with E-state index in [0.29, 0.717) is 93.4 Å². The maximum Gasteiger partial charge on any atom is 0.315 e. The number of para-hydroxylation sites is 4. The highest BCUT2D eigenvalue weighted by molar-refractivity contribution is 5.97. The number of carbonyl (C=O) groups is 8. The largest absolute Gasteiger partial charge is 0.493 e. The van der Waals surface area contributed by atoms with E-state index in [2.05, 4.69) is 23.7 Å². The summed E-state index contributed by atoms with van der Waals surface area (Å²) in [4.78, 5) is 102. The molecule has 0 radical (unpaired) electrons. The van der Waals surface area contributed by atoms with Gasteiger partial charge in [-0.1, -0.05) is 169 Å². The van der Waals surface area contributed by atoms with Crippen molar-refractivity contribution < 1.29 is 101 Å². The van der Waals surface area contributed by atoms with Gasteiger partial charge in [0.2, 0.25) is 0 Å². The topological polar surface area (TPSA) is 320 Å². The third-order valence-corrected chi connectivity index (χ3v) is 21.0. The lowest BCUT2D eigenvalue weighted by molar-refractivity contribution is -0.137. The molecule has 4 unspecified atom stereocenters. The molecule has 4 aliphatic rings. The minimum Gasteiger partial charge on any atom is -0.493 e. The second kappa shape index (κ2) is 48.6. The number of rotatable bonds is 40. The van der Waals surface area contributed by atoms with Gasteiger partial charge in [-0.3, -0.25) is 38.4 Å². The van der Waals surface area contributed by atoms with Crippen molar-refractivity contribution in [1.29, 1.82) is 0 Å². The summed E-state index contributed by atoms with van der Waals surface area (Å²) in [6, 6.07) is 72.7. The van der Waals surface area contributed by atoms with Crippen LogP contribution in [0.5, 0.6) is 23.0 Å². The van der Waals surface area contributed by atoms with Crippen LogP contribution < -0.4 is 18.9 Å². The molecule has 16 rings (SSSR count). The van der Waals surface area contributed by atoms with Crippen LogP contribution in [0.15, 0.2) is 310 Å². The third kappa shape index (κ3) is 29.2. The van der Waals surface area contributed by atoms with Gasteiger partial charge in [-0.25, -0.2) is 0 Å². The smallest absolute Gasteiger partial charge is 0.315 e. The quantitative estimate of drug-likeness (QED) is 0.0157. The Morgan fingerprint density at radius 1 is 0.326 bits per heavy atom. The average Bonchev–Trinajstić information content (AvgIpc) is 1.17. The molecule has 4 saturated carbocycles. The van der Waals surface area contributed by atoms with Crippen molar-refractivity contribution in [3.63, 3.8) is 0 Å². The number of carboxylic acids is 4. The van der Waals surface area contributed by atoms with E-state index in [1.807, 2.05) is 152 Å². The molecule has 132 heavy (non-hydrogen) atoms. The van der Waals surface area contributed by atoms with Crippen molar-refractivity contribution >= 4 is 47.5 Å². The van der Waals surface area contributed by atoms with Gasteiger partial charge in [-0.15, -0.1) is 0 Å². The fraction of sp³-hybridized carbons (Fsp3) is 0.259. The number of amides is 4. The molecular formula is C108H104N4O20. The molecule has 24 nitrogen and oxygen atoms in total. The minimum absolute atomic E-state index is 0.0146. The van der Waals surface area contributed by atoms with Crippen LogP contribution in [0.3, 0.4) is 0 Å². The summed E-state index contributed by atoms with van der Waals surface area (Å²) in [5.74, 6) is 11.6. The van der Waals surface area contributed by atoms with E-state index in [-0.39, 0.29) is 99.7 Å². The van der Waals surface area contributed by atoms with Crippen molar-refractivity contribution in [2.24, 2.45) is 0 Å². The van der Waals surface area contributed by atoms with Gasteiger partial charge in [0, 0.05) is 136 Å². The monoisotopic (exact) mass is 1780 g/mol. The lowest BCUT2D eigenvalue weighted by Crippen LogP contribution is -2.32. The molecule has 24 heteroatoms. The molecule has 8 aromatic carbocycles. The highest BCUT2D eigenvalue weighted by Crippen LogP contribution is 2.38. The minimum atomic E-state index is -0.962. The first-order valence-electron chi connectivity index (χ1n) is 46.0. The Kier molecular flexibility index (Phi) is 32.5. The maximum atomic E-state index is 13.4. The second-order valence-electron chi connectivity index (χ2n) is 31.1. The molecule has 4 atom stereocenters. The molecule has 0 saturated heterocycles. The summed E-state index contributed by atoms with van der Waals surface area (Å²) in [6.07, 6.45) is 21.7. The number of nitrogens with zero attached hydrogens (tertiary/aromatic N) is 4. The van der Waals surface area contributed by atoms with Crippen molar-refractivity contribution in [2.75, 3.05) is 26.4 Å². The predicted octanol–water partition coefficient (Wildman–Crippen LogP) is 21.1. The Morgan fingerprint density at radius 3 is 0.977 bits per heavy atom. The van der Waals surface area contributed by atoms with Gasteiger partial charge in [-0.2, -0.15) is 0 Å². The van der Waals surface area contributed by atoms with Gasteiger partial charge in [0.25, 0.3) is 23.6 Å². The van der Waals surface area contributed by atoms with Gasteiger partial charge in [0.05, 0.1) is 56.6 Å². The van der Waals surface area contributed by atoms with E-state index < -0.39 is 50.0 Å². The van der Waals surface area contributed by atoms with E-state index in [4.69, 9.17) is 62.5 Å². The summed E-state index contributed by atoms with van der Waals surface area (Å²) in [5, 5.41) is 34.7. The van der Waals surface area contributed by atoms with Crippen molar-refractivity contribution in [2.45, 2.75) is 153 Å². The lowest BCUT2D eigenvalue weighted by Gasteiger charge is -2.24. The third-order valence-electron chi connectivity index (χ3n) is 21.0. The van der Waals surface area contributed by atoms with Crippen LogP contribution in [0.2, 0.25) is 0 Å². The van der Waals surface area contributed by atoms with Gasteiger partial charge in [0.15, 0.2) is 0 Å². The number of benzene rings is 8. The molecule has 0 bridgehead atoms. The van der Waals surface area contributed by atoms with E-state index in [1.165, 1.54) is 0 Å². The van der Waals surface area contributed by atoms with Crippen molar-refractivity contribution in [1.82, 2.24) is 19.6 Å². The zero-order valence-corrected chi connectivity index (χ0v) is 72.6. The molecule has 676 valence electrons. The van der Waals surface area contributed by atoms with Crippen LogP contribution in [-0.2, 0) is 45.3 Å². The zero-order chi connectivity index (χ0) is 95.7. The zero-order valence-electron chi connectivity index (χ0n) is 76.6. The van der Waals surface area contributed by atoms with Crippen LogP contribution in [0.1, 0.15) is 172 Å². The SMILES string of the molecule is [2H]C(c1ccccc1OC/C=C/CCC(=O)O)N(C(=O)c1ccc(-c2ccco2)cc1)C1CC1.[2H]C(c1ccccc1OCC#CCCC(=O)O)N(C(=O)c1ccc(-c2ccco2)cc1)C1CC1.[2H]C(c1ccccc1OCC/C=C\CC(=O)O)N(C(=O)c1ccc(-c2ccco2)cc1)C1CC1.[2H]C(c1ccccc1OCCC#CCC(=O)O)N(C(=O)c1ccc(-c2ccco2)cc1)C1CC1. The average molecular weight is 1780 g/mol. The summed E-state index contributed by atoms with van der Waals surface area (Å²) >= 11 is 0. The van der Waals surface area contributed by atoms with E-state index >= 15 is 0 Å². The van der Waals surface area contributed by atoms with Gasteiger partial charge in [-0.05, 0) is 186 Å². The van der Waals surface area contributed by atoms with E-state index in [1.54, 1.807) is 160 Å². The number of carbonyl (C=O) groups excluding carboxylic acids is 4. The van der Waals surface area contributed by atoms with Crippen LogP contribution in [0, 0.1) is 23.7 Å². The summed E-state index contributed by atoms with van der Waals surface area (Å²) in [5.41, 5.74) is 8.07. The Morgan fingerprint density at radius 2 is 0.652 bits per heavy atom. The summed E-state index contributed by atoms with van der Waals surface area (Å²) < 4.78 is 80.7. The number of hydrogen-bond donors (Lipinski definition) is 4. The van der Waals surface area contributed by atoms with Gasteiger partial charge < -0.3 is 76.6 Å². The fourth-order valence-electron chi connectivity index (χ4n) is 13.6. The molecule has 4 amide bonds. The summed E-state index contributed by atoms with van der Waals surface area (Å²) in [7, 11) is 0. The first kappa shape index (κ1) is 88.5. The molecular weight excluding hydrogens is 1670 g/mol. The second-order valence-corrected chi connectivity index (χ2v) is 31.1. The molecule has 0 aliphatic heterocycles. The number of allylic oxidation sites excluding steroid dienone is 1. The predicted molar refractivity (Wildman–Crippen MR) is 497 cm³/mol. The highest BCUT2D eigenvalue weighted by Gasteiger charge is 2.38. The van der Waals surface area contributed by atoms with Gasteiger partial charge in [0.1, 0.15) is 65.7 Å². The Balaban J connectivity index is 0.000000153. The standard InChI is InChI=1S/2C27H27NO5.2C27H25NO5/c4*29-26(30)10-2-1-5-17-32-25-8-4-3-7-22(25)19-28(23-15-16-23)27(31)21-13-11-20(12-14-21)24-9-6-18-33-24/h1,3-9,11-14,18,23H,2,10,15-17,19H2,(H,29,30);1-4,6-9,11-14,18,23H,5,10,15-17,19H2,(H,29,30);3-4,6-9,11-14,18,23H,5,10,15-17,19H2,(H,29,30);3-4,6-9,11-14,18,23H,2,10,15-17,19H2,(H,29,30)/b5-1+;2-1-;;/i4*19D. The van der Waals surface area contributed by atoms with Crippen LogP contribution in [-0.4, -0.2) is 138 Å². The molecule has 4 N–H and O–H groups in total. The van der Waals surface area contributed by atoms with E-state index in [9.17, 15) is 38.4 Å². The number of aliphatic carboxylic acids is 4. The molecule has 0 spiro atoms. The number of ether oxygens (including phenoxy) is 4. The first-order chi connectivity index (χ1) is 66.2. The normalized spacial score (nSPS) is 14.2.